The van der Waals surface area contributed by atoms with Crippen LogP contribution >= 0.6 is 0 Å². The van der Waals surface area contributed by atoms with Gasteiger partial charge in [0.15, 0.2) is 11.5 Å². The zero-order valence-electron chi connectivity index (χ0n) is 17.6. The molecule has 2 aliphatic rings. The van der Waals surface area contributed by atoms with E-state index >= 15 is 0 Å². The van der Waals surface area contributed by atoms with Crippen LogP contribution in [0.2, 0.25) is 0 Å². The number of hydrogen-bond acceptors (Lipinski definition) is 7. The molecule has 1 aromatic carbocycles. The molecule has 0 bridgehead atoms. The van der Waals surface area contributed by atoms with Gasteiger partial charge in [-0.1, -0.05) is 23.9 Å². The number of ether oxygens (including phenoxy) is 4. The van der Waals surface area contributed by atoms with E-state index in [0.29, 0.717) is 17.1 Å². The first-order valence-corrected chi connectivity index (χ1v) is 9.54. The van der Waals surface area contributed by atoms with Crippen molar-refractivity contribution in [2.24, 2.45) is 0 Å². The molecule has 1 aliphatic heterocycles. The number of amides is 1. The molecule has 8 nitrogen and oxygen atoms in total. The first kappa shape index (κ1) is 21.8. The van der Waals surface area contributed by atoms with E-state index in [1.807, 2.05) is 18.2 Å². The number of allylic oxidation sites excluding steroid dienone is 2. The lowest BCUT2D eigenvalue weighted by Gasteiger charge is -2.23. The average Bonchev–Trinajstić information content (AvgIpc) is 2.69. The third-order valence-electron chi connectivity index (χ3n) is 3.90. The first-order valence-electron chi connectivity index (χ1n) is 9.54. The third kappa shape index (κ3) is 5.81. The molecular formula is C23H23NO7. The van der Waals surface area contributed by atoms with Crippen molar-refractivity contribution in [2.75, 3.05) is 6.54 Å². The molecule has 1 amide bonds. The predicted octanol–water partition coefficient (Wildman–Crippen LogP) is 4.14. The van der Waals surface area contributed by atoms with Crippen LogP contribution in [0.15, 0.2) is 82.6 Å². The summed E-state index contributed by atoms with van der Waals surface area (Å²) in [4.78, 5) is 23.6. The molecule has 1 aliphatic carbocycles. The number of aliphatic hydroxyl groups is 1. The SMILES string of the molecule is CC1=C(Oc2ccccc2)C(O)=C2C=C=C(OC(=O)CNC(=O)OC(C)(C)C)C=C2O1. The maximum Gasteiger partial charge on any atom is 0.408 e. The molecule has 162 valence electrons. The number of esters is 1. The summed E-state index contributed by atoms with van der Waals surface area (Å²) in [6.07, 6.45) is 2.11. The average molecular weight is 425 g/mol. The van der Waals surface area contributed by atoms with Crippen LogP contribution in [0.5, 0.6) is 5.75 Å². The molecular weight excluding hydrogens is 402 g/mol. The molecule has 1 heterocycles. The molecule has 0 atom stereocenters. The third-order valence-corrected chi connectivity index (χ3v) is 3.90. The number of rotatable bonds is 5. The van der Waals surface area contributed by atoms with E-state index in [9.17, 15) is 14.7 Å². The van der Waals surface area contributed by atoms with Crippen LogP contribution < -0.4 is 10.1 Å². The molecule has 0 saturated heterocycles. The highest BCUT2D eigenvalue weighted by molar-refractivity contribution is 5.79. The summed E-state index contributed by atoms with van der Waals surface area (Å²) in [5, 5.41) is 12.9. The van der Waals surface area contributed by atoms with Crippen LogP contribution in [0.4, 0.5) is 4.79 Å². The van der Waals surface area contributed by atoms with Crippen LogP contribution in [0.1, 0.15) is 27.7 Å². The summed E-state index contributed by atoms with van der Waals surface area (Å²) < 4.78 is 21.7. The second-order valence-corrected chi connectivity index (χ2v) is 7.66. The number of hydrogen-bond donors (Lipinski definition) is 2. The van der Waals surface area contributed by atoms with E-state index in [4.69, 9.17) is 18.9 Å². The molecule has 0 fully saturated rings. The lowest BCUT2D eigenvalue weighted by molar-refractivity contribution is -0.137. The Morgan fingerprint density at radius 1 is 1.19 bits per heavy atom. The number of alkyl carbamates (subject to hydrolysis) is 1. The lowest BCUT2D eigenvalue weighted by Crippen LogP contribution is -2.35. The minimum atomic E-state index is -0.728. The van der Waals surface area contributed by atoms with Crippen LogP contribution in [0, 0.1) is 0 Å². The number of nitrogens with one attached hydrogen (secondary N) is 1. The van der Waals surface area contributed by atoms with Crippen molar-refractivity contribution < 1.29 is 33.6 Å². The van der Waals surface area contributed by atoms with Crippen molar-refractivity contribution in [1.82, 2.24) is 5.32 Å². The minimum Gasteiger partial charge on any atom is -0.504 e. The van der Waals surface area contributed by atoms with Gasteiger partial charge >= 0.3 is 12.1 Å². The van der Waals surface area contributed by atoms with Crippen molar-refractivity contribution >= 4 is 12.1 Å². The van der Waals surface area contributed by atoms with Crippen molar-refractivity contribution in [1.29, 1.82) is 0 Å². The lowest BCUT2D eigenvalue weighted by atomic mass is 10.1. The van der Waals surface area contributed by atoms with Gasteiger partial charge < -0.3 is 29.4 Å². The van der Waals surface area contributed by atoms with Crippen LogP contribution in [-0.2, 0) is 19.0 Å². The summed E-state index contributed by atoms with van der Waals surface area (Å²) in [5.41, 5.74) is 2.42. The minimum absolute atomic E-state index is 0.0720. The second-order valence-electron chi connectivity index (χ2n) is 7.66. The van der Waals surface area contributed by atoms with Gasteiger partial charge in [0, 0.05) is 6.08 Å². The number of benzene rings is 1. The van der Waals surface area contributed by atoms with Crippen LogP contribution in [0.25, 0.3) is 0 Å². The van der Waals surface area contributed by atoms with Crippen LogP contribution in [-0.4, -0.2) is 29.3 Å². The number of carbonyl (C=O) groups excluding carboxylic acids is 2. The number of fused-ring (bicyclic) bond motifs is 1. The molecule has 1 aromatic rings. The quantitative estimate of drug-likeness (QED) is 0.540. The van der Waals surface area contributed by atoms with Gasteiger partial charge in [-0.3, -0.25) is 0 Å². The van der Waals surface area contributed by atoms with E-state index in [1.165, 1.54) is 12.2 Å². The fraction of sp³-hybridized carbons (Fsp3) is 0.261. The molecule has 2 N–H and O–H groups in total. The highest BCUT2D eigenvalue weighted by atomic mass is 16.6. The van der Waals surface area contributed by atoms with Gasteiger partial charge in [0.2, 0.25) is 5.76 Å². The molecule has 3 rings (SSSR count). The van der Waals surface area contributed by atoms with E-state index < -0.39 is 17.7 Å². The number of carbonyl (C=O) groups is 2. The summed E-state index contributed by atoms with van der Waals surface area (Å²) in [6, 6.07) is 8.98. The van der Waals surface area contributed by atoms with E-state index in [1.54, 1.807) is 39.8 Å². The van der Waals surface area contributed by atoms with Gasteiger partial charge in [-0.25, -0.2) is 9.59 Å². The van der Waals surface area contributed by atoms with Gasteiger partial charge in [0.05, 0.1) is 5.57 Å². The standard InChI is InChI=1S/C23H23NO7/c1-14-21(30-15-8-6-5-7-9-15)20(26)17-11-10-16(12-18(17)28-14)29-19(25)13-24-22(27)31-23(2,3)4/h5-9,11-12,26H,13H2,1-4H3,(H,24,27). The Hall–Kier alpha value is -3.90. The normalized spacial score (nSPS) is 15.4. The van der Waals surface area contributed by atoms with Crippen LogP contribution in [0.3, 0.4) is 0 Å². The largest absolute Gasteiger partial charge is 0.504 e. The maximum absolute atomic E-state index is 12.0. The van der Waals surface area contributed by atoms with Gasteiger partial charge in [-0.05, 0) is 45.9 Å². The van der Waals surface area contributed by atoms with Crippen molar-refractivity contribution in [2.45, 2.75) is 33.3 Å². The Morgan fingerprint density at radius 2 is 1.90 bits per heavy atom. The highest BCUT2D eigenvalue weighted by Gasteiger charge is 2.28. The number of para-hydroxylation sites is 1. The van der Waals surface area contributed by atoms with Gasteiger partial charge in [-0.2, -0.15) is 0 Å². The molecule has 0 unspecified atom stereocenters. The fourth-order valence-electron chi connectivity index (χ4n) is 2.63. The molecule has 0 aromatic heterocycles. The molecule has 0 saturated carbocycles. The molecule has 0 spiro atoms. The van der Waals surface area contributed by atoms with Crippen molar-refractivity contribution in [3.05, 3.63) is 82.6 Å². The zero-order chi connectivity index (χ0) is 22.6. The summed E-state index contributed by atoms with van der Waals surface area (Å²) in [6.45, 7) is 6.40. The summed E-state index contributed by atoms with van der Waals surface area (Å²) in [5.74, 6) is 0.569. The van der Waals surface area contributed by atoms with Crippen molar-refractivity contribution in [3.8, 4) is 5.75 Å². The Morgan fingerprint density at radius 3 is 2.58 bits per heavy atom. The molecule has 31 heavy (non-hydrogen) atoms. The van der Waals surface area contributed by atoms with E-state index in [-0.39, 0.29) is 29.6 Å². The van der Waals surface area contributed by atoms with Gasteiger partial charge in [0.1, 0.15) is 29.4 Å². The van der Waals surface area contributed by atoms with Gasteiger partial charge in [0.25, 0.3) is 0 Å². The fourth-order valence-corrected chi connectivity index (χ4v) is 2.63. The maximum atomic E-state index is 12.0. The Labute approximate surface area is 179 Å². The van der Waals surface area contributed by atoms with Gasteiger partial charge in [-0.15, -0.1) is 0 Å². The first-order chi connectivity index (χ1) is 14.6. The zero-order valence-corrected chi connectivity index (χ0v) is 17.6. The molecule has 0 radical (unpaired) electrons. The summed E-state index contributed by atoms with van der Waals surface area (Å²) >= 11 is 0. The number of aliphatic hydroxyl groups excluding tert-OH is 1. The Bertz CT molecular complexity index is 1050. The smallest absolute Gasteiger partial charge is 0.408 e. The summed E-state index contributed by atoms with van der Waals surface area (Å²) in [7, 11) is 0. The second kappa shape index (κ2) is 8.85. The molecule has 8 heteroatoms. The topological polar surface area (TPSA) is 103 Å². The van der Waals surface area contributed by atoms with E-state index in [2.05, 4.69) is 11.0 Å². The predicted molar refractivity (Wildman–Crippen MR) is 111 cm³/mol. The Balaban J connectivity index is 1.67. The Kier molecular flexibility index (Phi) is 6.22. The highest BCUT2D eigenvalue weighted by Crippen LogP contribution is 2.34. The van der Waals surface area contributed by atoms with E-state index in [0.717, 1.165) is 0 Å². The van der Waals surface area contributed by atoms with Crippen molar-refractivity contribution in [3.63, 3.8) is 0 Å². The monoisotopic (exact) mass is 425 g/mol.